The minimum atomic E-state index is -4.53. The number of aliphatic hydroxyl groups excluding tert-OH is 1. The molecule has 1 heterocycles. The van der Waals surface area contributed by atoms with Crippen LogP contribution >= 0.6 is 38.0 Å². The zero-order valence-electron chi connectivity index (χ0n) is 34.3. The van der Waals surface area contributed by atoms with Gasteiger partial charge in [0.1, 0.15) is 6.61 Å². The van der Waals surface area contributed by atoms with E-state index in [-0.39, 0.29) is 19.2 Å². The summed E-state index contributed by atoms with van der Waals surface area (Å²) in [6.07, 6.45) is 20.5. The first-order chi connectivity index (χ1) is 24.9. The van der Waals surface area contributed by atoms with Crippen LogP contribution in [0, 0.1) is 0 Å². The molecular formula is C31H70O16P5Si2+. The van der Waals surface area contributed by atoms with Crippen molar-refractivity contribution in [2.24, 2.45) is 0 Å². The molecule has 0 aromatic carbocycles. The van der Waals surface area contributed by atoms with Crippen molar-refractivity contribution >= 4 is 62.0 Å². The summed E-state index contributed by atoms with van der Waals surface area (Å²) in [5.41, 5.74) is 0. The van der Waals surface area contributed by atoms with Crippen LogP contribution in [0.5, 0.6) is 0 Å². The van der Waals surface area contributed by atoms with Crippen LogP contribution in [0.25, 0.3) is 0 Å². The van der Waals surface area contributed by atoms with Gasteiger partial charge in [0.25, 0.3) is 0 Å². The van der Waals surface area contributed by atoms with Crippen LogP contribution in [-0.4, -0.2) is 95.1 Å². The first-order valence-electron chi connectivity index (χ1n) is 19.0. The van der Waals surface area contributed by atoms with E-state index in [1.54, 1.807) is 0 Å². The quantitative estimate of drug-likeness (QED) is 0.0297. The monoisotopic (exact) mass is 909 g/mol. The van der Waals surface area contributed by atoms with Crippen LogP contribution in [0.2, 0.25) is 0 Å². The highest BCUT2D eigenvalue weighted by Crippen LogP contribution is 2.67. The van der Waals surface area contributed by atoms with Crippen molar-refractivity contribution in [3.05, 3.63) is 0 Å². The van der Waals surface area contributed by atoms with E-state index in [1.165, 1.54) is 117 Å². The molecule has 0 saturated carbocycles. The third-order valence-corrected chi connectivity index (χ3v) is 24.0. The van der Waals surface area contributed by atoms with E-state index in [1.807, 2.05) is 6.92 Å². The fourth-order valence-corrected chi connectivity index (χ4v) is 22.0. The van der Waals surface area contributed by atoms with E-state index in [0.717, 1.165) is 32.8 Å². The Morgan fingerprint density at radius 2 is 1.24 bits per heavy atom. The van der Waals surface area contributed by atoms with Crippen LogP contribution in [0.15, 0.2) is 0 Å². The summed E-state index contributed by atoms with van der Waals surface area (Å²) < 4.78 is 108. The molecule has 0 spiro atoms. The summed E-state index contributed by atoms with van der Waals surface area (Å²) in [7, 11) is -25.8. The molecule has 4 atom stereocenters. The van der Waals surface area contributed by atoms with Crippen LogP contribution in [-0.2, 0) is 66.3 Å². The fourth-order valence-electron chi connectivity index (χ4n) is 4.94. The number of hydrogen-bond acceptors (Lipinski definition) is 16. The molecule has 1 aliphatic rings. The average molecular weight is 910 g/mol. The maximum Gasteiger partial charge on any atom is 0.737 e. The second kappa shape index (κ2) is 27.3. The van der Waals surface area contributed by atoms with Crippen molar-refractivity contribution in [1.82, 2.24) is 0 Å². The number of esters is 1. The zero-order valence-corrected chi connectivity index (χ0v) is 40.8. The summed E-state index contributed by atoms with van der Waals surface area (Å²) >= 11 is 0. The summed E-state index contributed by atoms with van der Waals surface area (Å²) in [6.45, 7) is 13.8. The lowest BCUT2D eigenvalue weighted by atomic mass is 10.0. The largest absolute Gasteiger partial charge is 0.737 e. The molecule has 4 unspecified atom stereocenters. The van der Waals surface area contributed by atoms with Crippen molar-refractivity contribution in [2.45, 2.75) is 136 Å². The summed E-state index contributed by atoms with van der Waals surface area (Å²) in [5.74, 6) is -0.165. The van der Waals surface area contributed by atoms with Gasteiger partial charge in [0.15, 0.2) is 21.4 Å². The van der Waals surface area contributed by atoms with E-state index in [4.69, 9.17) is 38.7 Å². The predicted octanol–water partition coefficient (Wildman–Crippen LogP) is 10.7. The first-order valence-corrected chi connectivity index (χ1v) is 32.9. The summed E-state index contributed by atoms with van der Waals surface area (Å²) in [4.78, 5) is 11.5. The highest BCUT2D eigenvalue weighted by molar-refractivity contribution is 7.64. The van der Waals surface area contributed by atoms with E-state index < -0.39 is 62.2 Å². The number of aliphatic hydroxyl groups is 1. The lowest BCUT2D eigenvalue weighted by Gasteiger charge is -2.41. The number of hydrogen-bond donors (Lipinski definition) is 1. The Labute approximate surface area is 328 Å². The standard InChI is InChI=1S/C22H44O3.C9H26O13P5Si2/c1-3-5-6-7-8-9-10-11-12-13-14-15-16-17-18-19-22(24)25-20-21(23)4-2;1-9-15-28(16-23(2)10,17-24(3,4)11)19-26(7,13)20-29(18-25(5,6)12)21-27(8,14)22-29/h21,23H,3-20H2,1-2H3;9H2,1-8H3/q;+1. The SMILES string of the molecule is CCCCCCCCCCCCCCCCCC(=O)OCC(O)CC.CCO[Si](O[P+](C)=O)(OP(C)(C)=O)OP(C)(=O)O[Si]1(OP(C)(C)=O)OP(C)(=O)O1. The Balaban J connectivity index is 0.00000105. The molecule has 322 valence electrons. The van der Waals surface area contributed by atoms with E-state index in [2.05, 4.69) is 6.92 Å². The third-order valence-electron chi connectivity index (χ3n) is 7.23. The molecule has 1 rings (SSSR count). The smallest absolute Gasteiger partial charge is 0.463 e. The molecule has 0 aromatic heterocycles. The van der Waals surface area contributed by atoms with Gasteiger partial charge in [0.2, 0.25) is 0 Å². The van der Waals surface area contributed by atoms with E-state index >= 15 is 0 Å². The van der Waals surface area contributed by atoms with Gasteiger partial charge in [-0.1, -0.05) is 108 Å². The maximum absolute atomic E-state index is 13.1. The van der Waals surface area contributed by atoms with Gasteiger partial charge in [-0.3, -0.25) is 48.3 Å². The Morgan fingerprint density at radius 3 is 1.61 bits per heavy atom. The molecule has 1 aliphatic heterocycles. The van der Waals surface area contributed by atoms with Crippen molar-refractivity contribution in [1.29, 1.82) is 0 Å². The summed E-state index contributed by atoms with van der Waals surface area (Å²) in [5, 5.41) is 9.33. The minimum Gasteiger partial charge on any atom is -0.463 e. The van der Waals surface area contributed by atoms with Gasteiger partial charge in [-0.2, -0.15) is 0 Å². The van der Waals surface area contributed by atoms with E-state index in [0.29, 0.717) is 12.8 Å². The molecule has 23 heteroatoms. The highest BCUT2D eigenvalue weighted by atomic mass is 31.2. The maximum atomic E-state index is 13.1. The Kier molecular flexibility index (Phi) is 27.6. The van der Waals surface area contributed by atoms with Crippen molar-refractivity contribution in [3.63, 3.8) is 0 Å². The van der Waals surface area contributed by atoms with E-state index in [9.17, 15) is 32.7 Å². The fraction of sp³-hybridized carbons (Fsp3) is 0.968. The average Bonchev–Trinajstić information content (AvgIpc) is 2.98. The first kappa shape index (κ1) is 54.6. The predicted molar refractivity (Wildman–Crippen MR) is 217 cm³/mol. The van der Waals surface area contributed by atoms with Crippen molar-refractivity contribution in [2.75, 3.05) is 59.9 Å². The Morgan fingerprint density at radius 1 is 0.778 bits per heavy atom. The molecule has 1 saturated heterocycles. The highest BCUT2D eigenvalue weighted by Gasteiger charge is 2.70. The molecule has 54 heavy (non-hydrogen) atoms. The van der Waals surface area contributed by atoms with Crippen LogP contribution in [0.3, 0.4) is 0 Å². The van der Waals surface area contributed by atoms with Crippen LogP contribution in [0.1, 0.15) is 130 Å². The molecule has 0 bridgehead atoms. The zero-order chi connectivity index (χ0) is 41.5. The van der Waals surface area contributed by atoms with Gasteiger partial charge >= 0.3 is 47.3 Å². The molecular weight excluding hydrogens is 839 g/mol. The van der Waals surface area contributed by atoms with Gasteiger partial charge in [0, 0.05) is 53.0 Å². The number of ether oxygens (including phenoxy) is 1. The lowest BCUT2D eigenvalue weighted by molar-refractivity contribution is -0.146. The molecule has 0 aromatic rings. The van der Waals surface area contributed by atoms with Crippen molar-refractivity contribution < 1.29 is 71.4 Å². The second-order valence-corrected chi connectivity index (χ2v) is 30.4. The van der Waals surface area contributed by atoms with Gasteiger partial charge in [0.05, 0.1) is 6.10 Å². The minimum absolute atomic E-state index is 0.0925. The number of carbonyl (C=O) groups excluding carboxylic acids is 1. The molecule has 16 nitrogen and oxygen atoms in total. The van der Waals surface area contributed by atoms with Gasteiger partial charge in [-0.05, 0) is 24.3 Å². The second-order valence-electron chi connectivity index (χ2n) is 14.0. The number of rotatable bonds is 31. The topological polar surface area (TPSA) is 206 Å². The van der Waals surface area contributed by atoms with Gasteiger partial charge in [-0.25, -0.2) is 0 Å². The van der Waals surface area contributed by atoms with Crippen molar-refractivity contribution in [3.8, 4) is 0 Å². The summed E-state index contributed by atoms with van der Waals surface area (Å²) in [6, 6.07) is 0. The molecule has 1 fully saturated rings. The Hall–Kier alpha value is 0.564. The molecule has 1 N–H and O–H groups in total. The van der Waals surface area contributed by atoms with Gasteiger partial charge in [-0.15, -0.1) is 0 Å². The van der Waals surface area contributed by atoms with Crippen LogP contribution < -0.4 is 0 Å². The number of carbonyl (C=O) groups is 1. The molecule has 0 amide bonds. The van der Waals surface area contributed by atoms with Gasteiger partial charge < -0.3 is 14.3 Å². The molecule has 0 radical (unpaired) electrons. The van der Waals surface area contributed by atoms with Crippen LogP contribution in [0.4, 0.5) is 0 Å². The lowest BCUT2D eigenvalue weighted by Crippen LogP contribution is -2.54. The Bertz CT molecular complexity index is 1270. The third kappa shape index (κ3) is 28.9. The molecule has 0 aliphatic carbocycles. The number of unbranched alkanes of at least 4 members (excludes halogenated alkanes) is 14. The normalized spacial score (nSPS) is 21.9.